The van der Waals surface area contributed by atoms with Crippen molar-refractivity contribution in [2.24, 2.45) is 0 Å². The quantitative estimate of drug-likeness (QED) is 0.632. The van der Waals surface area contributed by atoms with Crippen molar-refractivity contribution in [3.8, 4) is 17.2 Å². The number of aromatic nitrogens is 2. The van der Waals surface area contributed by atoms with E-state index in [1.807, 2.05) is 24.4 Å². The first kappa shape index (κ1) is 18.0. The summed E-state index contributed by atoms with van der Waals surface area (Å²) in [7, 11) is 2.97. The van der Waals surface area contributed by atoms with Gasteiger partial charge >= 0.3 is 0 Å². The molecule has 3 aromatic rings. The van der Waals surface area contributed by atoms with Gasteiger partial charge in [0, 0.05) is 29.3 Å². The average Bonchev–Trinajstić information content (AvgIpc) is 3.07. The SMILES string of the molecule is COc1cc(C(=O)Nc2cccc(-n3cc[nH]c3=S)c2)cc(Cl)c1OC. The van der Waals surface area contributed by atoms with Gasteiger partial charge in [0.15, 0.2) is 16.3 Å². The van der Waals surface area contributed by atoms with Crippen LogP contribution in [-0.4, -0.2) is 29.7 Å². The van der Waals surface area contributed by atoms with Crippen molar-refractivity contribution in [2.45, 2.75) is 0 Å². The van der Waals surface area contributed by atoms with Gasteiger partial charge in [0.1, 0.15) is 0 Å². The number of aromatic amines is 1. The second-order valence-electron chi connectivity index (χ2n) is 5.33. The number of carbonyl (C=O) groups excluding carboxylic acids is 1. The molecular weight excluding hydrogens is 374 g/mol. The predicted octanol–water partition coefficient (Wildman–Crippen LogP) is 4.46. The molecule has 1 heterocycles. The molecule has 0 saturated heterocycles. The summed E-state index contributed by atoms with van der Waals surface area (Å²) in [6.45, 7) is 0. The van der Waals surface area contributed by atoms with Crippen LogP contribution in [-0.2, 0) is 0 Å². The van der Waals surface area contributed by atoms with Crippen molar-refractivity contribution >= 4 is 35.4 Å². The molecule has 1 aromatic heterocycles. The van der Waals surface area contributed by atoms with Gasteiger partial charge in [-0.1, -0.05) is 17.7 Å². The molecule has 0 aliphatic heterocycles. The van der Waals surface area contributed by atoms with Gasteiger partial charge in [-0.15, -0.1) is 0 Å². The maximum Gasteiger partial charge on any atom is 0.255 e. The Labute approximate surface area is 160 Å². The highest BCUT2D eigenvalue weighted by Crippen LogP contribution is 2.36. The van der Waals surface area contributed by atoms with Gasteiger partial charge in [-0.3, -0.25) is 9.36 Å². The highest BCUT2D eigenvalue weighted by atomic mass is 35.5. The molecule has 2 aromatic carbocycles. The Kier molecular flexibility index (Phi) is 5.29. The molecule has 0 aliphatic rings. The molecule has 0 bridgehead atoms. The lowest BCUT2D eigenvalue weighted by molar-refractivity contribution is 0.102. The van der Waals surface area contributed by atoms with Crippen LogP contribution in [0.1, 0.15) is 10.4 Å². The fraction of sp³-hybridized carbons (Fsp3) is 0.111. The number of nitrogens with one attached hydrogen (secondary N) is 2. The lowest BCUT2D eigenvalue weighted by atomic mass is 10.1. The first-order chi connectivity index (χ1) is 12.5. The molecule has 8 heteroatoms. The van der Waals surface area contributed by atoms with E-state index in [9.17, 15) is 4.79 Å². The monoisotopic (exact) mass is 389 g/mol. The van der Waals surface area contributed by atoms with Crippen molar-refractivity contribution in [2.75, 3.05) is 19.5 Å². The number of hydrogen-bond donors (Lipinski definition) is 2. The largest absolute Gasteiger partial charge is 0.493 e. The Morgan fingerprint density at radius 3 is 2.69 bits per heavy atom. The summed E-state index contributed by atoms with van der Waals surface area (Å²) in [6, 6.07) is 10.5. The summed E-state index contributed by atoms with van der Waals surface area (Å²) in [4.78, 5) is 15.5. The second kappa shape index (κ2) is 7.63. The Morgan fingerprint density at radius 2 is 2.04 bits per heavy atom. The molecule has 0 saturated carbocycles. The van der Waals surface area contributed by atoms with Gasteiger partial charge < -0.3 is 19.8 Å². The fourth-order valence-electron chi connectivity index (χ4n) is 2.51. The van der Waals surface area contributed by atoms with Gasteiger partial charge in [-0.25, -0.2) is 0 Å². The zero-order valence-electron chi connectivity index (χ0n) is 14.1. The van der Waals surface area contributed by atoms with Crippen LogP contribution in [0, 0.1) is 4.77 Å². The molecule has 0 aliphatic carbocycles. The maximum absolute atomic E-state index is 12.6. The van der Waals surface area contributed by atoms with Crippen molar-refractivity contribution in [3.05, 3.63) is 64.1 Å². The molecule has 0 unspecified atom stereocenters. The van der Waals surface area contributed by atoms with E-state index in [4.69, 9.17) is 33.3 Å². The van der Waals surface area contributed by atoms with Crippen LogP contribution in [0.2, 0.25) is 5.02 Å². The number of amides is 1. The first-order valence-electron chi connectivity index (χ1n) is 7.63. The zero-order valence-corrected chi connectivity index (χ0v) is 15.6. The van der Waals surface area contributed by atoms with E-state index >= 15 is 0 Å². The molecule has 0 fully saturated rings. The number of ether oxygens (including phenoxy) is 2. The third-order valence-electron chi connectivity index (χ3n) is 3.73. The molecule has 0 spiro atoms. The molecule has 134 valence electrons. The molecule has 6 nitrogen and oxygen atoms in total. The smallest absolute Gasteiger partial charge is 0.255 e. The van der Waals surface area contributed by atoms with E-state index in [-0.39, 0.29) is 5.91 Å². The minimum Gasteiger partial charge on any atom is -0.493 e. The van der Waals surface area contributed by atoms with Crippen LogP contribution in [0.4, 0.5) is 5.69 Å². The Hall–Kier alpha value is -2.77. The highest BCUT2D eigenvalue weighted by Gasteiger charge is 2.15. The van der Waals surface area contributed by atoms with E-state index in [0.29, 0.717) is 32.5 Å². The van der Waals surface area contributed by atoms with E-state index in [1.165, 1.54) is 20.3 Å². The van der Waals surface area contributed by atoms with E-state index in [2.05, 4.69) is 10.3 Å². The number of methoxy groups -OCH3 is 2. The number of hydrogen-bond acceptors (Lipinski definition) is 4. The van der Waals surface area contributed by atoms with Gasteiger partial charge in [-0.05, 0) is 42.5 Å². The van der Waals surface area contributed by atoms with Crippen LogP contribution in [0.25, 0.3) is 5.69 Å². The van der Waals surface area contributed by atoms with Crippen LogP contribution in [0.3, 0.4) is 0 Å². The van der Waals surface area contributed by atoms with Crippen LogP contribution in [0.15, 0.2) is 48.8 Å². The molecule has 3 rings (SSSR count). The third-order valence-corrected chi connectivity index (χ3v) is 4.32. The Morgan fingerprint density at radius 1 is 1.23 bits per heavy atom. The average molecular weight is 390 g/mol. The summed E-state index contributed by atoms with van der Waals surface area (Å²) >= 11 is 11.4. The van der Waals surface area contributed by atoms with Crippen LogP contribution >= 0.6 is 23.8 Å². The number of imidazole rings is 1. The molecule has 0 atom stereocenters. The number of carbonyl (C=O) groups is 1. The molecule has 0 radical (unpaired) electrons. The number of halogens is 1. The molecule has 2 N–H and O–H groups in total. The summed E-state index contributed by atoms with van der Waals surface area (Å²) < 4.78 is 12.8. The lowest BCUT2D eigenvalue weighted by Crippen LogP contribution is -2.12. The van der Waals surface area contributed by atoms with Gasteiger partial charge in [-0.2, -0.15) is 0 Å². The van der Waals surface area contributed by atoms with Crippen molar-refractivity contribution in [1.29, 1.82) is 0 Å². The van der Waals surface area contributed by atoms with Gasteiger partial charge in [0.05, 0.1) is 19.2 Å². The second-order valence-corrected chi connectivity index (χ2v) is 6.13. The maximum atomic E-state index is 12.6. The summed E-state index contributed by atoms with van der Waals surface area (Å²) in [5.41, 5.74) is 1.82. The van der Waals surface area contributed by atoms with Gasteiger partial charge in [0.2, 0.25) is 0 Å². The third kappa shape index (κ3) is 3.58. The van der Waals surface area contributed by atoms with E-state index < -0.39 is 0 Å². The molecule has 1 amide bonds. The van der Waals surface area contributed by atoms with Crippen LogP contribution in [0.5, 0.6) is 11.5 Å². The Bertz CT molecular complexity index is 1010. The minimum atomic E-state index is -0.317. The summed E-state index contributed by atoms with van der Waals surface area (Å²) in [5, 5.41) is 3.14. The van der Waals surface area contributed by atoms with E-state index in [1.54, 1.807) is 22.9 Å². The highest BCUT2D eigenvalue weighted by molar-refractivity contribution is 7.71. The zero-order chi connectivity index (χ0) is 18.7. The Balaban J connectivity index is 1.88. The minimum absolute atomic E-state index is 0.296. The van der Waals surface area contributed by atoms with Crippen molar-refractivity contribution in [3.63, 3.8) is 0 Å². The van der Waals surface area contributed by atoms with Gasteiger partial charge in [0.25, 0.3) is 5.91 Å². The van der Waals surface area contributed by atoms with E-state index in [0.717, 1.165) is 5.69 Å². The normalized spacial score (nSPS) is 10.4. The topological polar surface area (TPSA) is 68.3 Å². The standard InChI is InChI=1S/C18H16ClN3O3S/c1-24-15-9-11(8-14(19)16(15)25-2)17(23)21-12-4-3-5-13(10-12)22-7-6-20-18(22)26/h3-10H,1-2H3,(H,20,26)(H,21,23). The summed E-state index contributed by atoms with van der Waals surface area (Å²) in [5.74, 6) is 0.453. The van der Waals surface area contributed by atoms with Crippen LogP contribution < -0.4 is 14.8 Å². The molecular formula is C18H16ClN3O3S. The fourth-order valence-corrected chi connectivity index (χ4v) is 3.03. The number of benzene rings is 2. The van der Waals surface area contributed by atoms with Crippen molar-refractivity contribution < 1.29 is 14.3 Å². The van der Waals surface area contributed by atoms with Crippen molar-refractivity contribution in [1.82, 2.24) is 9.55 Å². The number of nitrogens with zero attached hydrogens (tertiary/aromatic N) is 1. The number of H-pyrrole nitrogens is 1. The summed E-state index contributed by atoms with van der Waals surface area (Å²) in [6.07, 6.45) is 3.57. The molecule has 26 heavy (non-hydrogen) atoms. The predicted molar refractivity (Wildman–Crippen MR) is 103 cm³/mol. The number of rotatable bonds is 5. The lowest BCUT2D eigenvalue weighted by Gasteiger charge is -2.12. The number of anilines is 1. The first-order valence-corrected chi connectivity index (χ1v) is 8.41.